The van der Waals surface area contributed by atoms with E-state index in [9.17, 15) is 9.59 Å². The summed E-state index contributed by atoms with van der Waals surface area (Å²) in [5.74, 6) is -0.759. The number of para-hydroxylation sites is 1. The van der Waals surface area contributed by atoms with Crippen LogP contribution < -0.4 is 10.5 Å². The van der Waals surface area contributed by atoms with Crippen molar-refractivity contribution in [3.05, 3.63) is 71.8 Å². The first-order valence-electron chi connectivity index (χ1n) is 6.98. The van der Waals surface area contributed by atoms with Gasteiger partial charge in [-0.15, -0.1) is 0 Å². The number of primary amides is 1. The van der Waals surface area contributed by atoms with Crippen LogP contribution in [0.2, 0.25) is 0 Å². The summed E-state index contributed by atoms with van der Waals surface area (Å²) in [5, 5.41) is 0. The number of carbonyl (C=O) groups is 2. The van der Waals surface area contributed by atoms with Crippen molar-refractivity contribution in [3.8, 4) is 5.75 Å². The lowest BCUT2D eigenvalue weighted by Gasteiger charge is -2.13. The van der Waals surface area contributed by atoms with Crippen LogP contribution >= 0.6 is 0 Å². The predicted molar refractivity (Wildman–Crippen MR) is 86.5 cm³/mol. The highest BCUT2D eigenvalue weighted by atomic mass is 16.5. The molecular formula is C18H17NO4. The van der Waals surface area contributed by atoms with Crippen LogP contribution in [0.4, 0.5) is 0 Å². The van der Waals surface area contributed by atoms with E-state index in [1.165, 1.54) is 6.08 Å². The van der Waals surface area contributed by atoms with Gasteiger partial charge in [0.15, 0.2) is 0 Å². The number of nitrogens with two attached hydrogens (primary N) is 1. The maximum Gasteiger partial charge on any atom is 0.331 e. The van der Waals surface area contributed by atoms with E-state index in [4.69, 9.17) is 15.2 Å². The molecule has 23 heavy (non-hydrogen) atoms. The molecule has 2 rings (SSSR count). The summed E-state index contributed by atoms with van der Waals surface area (Å²) >= 11 is 0. The molecule has 0 aliphatic rings. The Hall–Kier alpha value is -3.08. The van der Waals surface area contributed by atoms with Gasteiger partial charge in [-0.2, -0.15) is 0 Å². The molecule has 0 bridgehead atoms. The standard InChI is InChI=1S/C18H17NO4/c1-22-15-10-6-5-7-13(15)11-12-16(20)23-17(18(19)21)14-8-3-2-4-9-14/h2-12,17H,1H3,(H2,19,21)/b12-11+. The van der Waals surface area contributed by atoms with Gasteiger partial charge < -0.3 is 15.2 Å². The van der Waals surface area contributed by atoms with Crippen LogP contribution in [0.15, 0.2) is 60.7 Å². The Morgan fingerprint density at radius 3 is 2.35 bits per heavy atom. The van der Waals surface area contributed by atoms with Gasteiger partial charge in [-0.3, -0.25) is 4.79 Å². The molecule has 1 unspecified atom stereocenters. The molecule has 0 fully saturated rings. The fourth-order valence-corrected chi connectivity index (χ4v) is 2.04. The number of methoxy groups -OCH3 is 1. The lowest BCUT2D eigenvalue weighted by molar-refractivity contribution is -0.150. The molecular weight excluding hydrogens is 294 g/mol. The van der Waals surface area contributed by atoms with Crippen LogP contribution in [0.3, 0.4) is 0 Å². The van der Waals surface area contributed by atoms with E-state index in [-0.39, 0.29) is 0 Å². The van der Waals surface area contributed by atoms with Gasteiger partial charge in [0.25, 0.3) is 5.91 Å². The van der Waals surface area contributed by atoms with Gasteiger partial charge in [-0.05, 0) is 12.1 Å². The first-order chi connectivity index (χ1) is 11.1. The van der Waals surface area contributed by atoms with E-state index in [0.29, 0.717) is 11.3 Å². The average molecular weight is 311 g/mol. The molecule has 0 heterocycles. The minimum Gasteiger partial charge on any atom is -0.496 e. The SMILES string of the molecule is COc1ccccc1/C=C/C(=O)OC(C(N)=O)c1ccccc1. The third-order valence-corrected chi connectivity index (χ3v) is 3.13. The molecule has 118 valence electrons. The Morgan fingerprint density at radius 2 is 1.70 bits per heavy atom. The van der Waals surface area contributed by atoms with E-state index in [1.807, 2.05) is 12.1 Å². The largest absolute Gasteiger partial charge is 0.496 e. The van der Waals surface area contributed by atoms with E-state index < -0.39 is 18.0 Å². The van der Waals surface area contributed by atoms with Crippen LogP contribution in [0.1, 0.15) is 17.2 Å². The molecule has 0 radical (unpaired) electrons. The highest BCUT2D eigenvalue weighted by Crippen LogP contribution is 2.20. The molecule has 1 atom stereocenters. The van der Waals surface area contributed by atoms with Crippen molar-refractivity contribution >= 4 is 18.0 Å². The number of carbonyl (C=O) groups excluding carboxylic acids is 2. The maximum atomic E-state index is 11.9. The smallest absolute Gasteiger partial charge is 0.331 e. The van der Waals surface area contributed by atoms with Crippen LogP contribution in [0.5, 0.6) is 5.75 Å². The van der Waals surface area contributed by atoms with E-state index >= 15 is 0 Å². The molecule has 0 saturated carbocycles. The molecule has 5 nitrogen and oxygen atoms in total. The summed E-state index contributed by atoms with van der Waals surface area (Å²) in [6.07, 6.45) is 1.67. The van der Waals surface area contributed by atoms with Gasteiger partial charge in [-0.25, -0.2) is 4.79 Å². The van der Waals surface area contributed by atoms with E-state index in [2.05, 4.69) is 0 Å². The fraction of sp³-hybridized carbons (Fsp3) is 0.111. The van der Waals surface area contributed by atoms with E-state index in [0.717, 1.165) is 5.56 Å². The monoisotopic (exact) mass is 311 g/mol. The number of esters is 1. The highest BCUT2D eigenvalue weighted by molar-refractivity contribution is 5.90. The summed E-state index contributed by atoms with van der Waals surface area (Å²) < 4.78 is 10.3. The molecule has 2 N–H and O–H groups in total. The van der Waals surface area contributed by atoms with Gasteiger partial charge in [0.2, 0.25) is 6.10 Å². The predicted octanol–water partition coefficient (Wildman–Crippen LogP) is 2.48. The fourth-order valence-electron chi connectivity index (χ4n) is 2.04. The van der Waals surface area contributed by atoms with Crippen molar-refractivity contribution in [3.63, 3.8) is 0 Å². The Balaban J connectivity index is 2.11. The van der Waals surface area contributed by atoms with Crippen LogP contribution in [-0.4, -0.2) is 19.0 Å². The topological polar surface area (TPSA) is 78.6 Å². The average Bonchev–Trinajstić information content (AvgIpc) is 2.58. The summed E-state index contributed by atoms with van der Waals surface area (Å²) in [4.78, 5) is 23.5. The molecule has 0 aromatic heterocycles. The second kappa shape index (κ2) is 7.79. The van der Waals surface area contributed by atoms with E-state index in [1.54, 1.807) is 55.7 Å². The maximum absolute atomic E-state index is 11.9. The number of hydrogen-bond donors (Lipinski definition) is 1. The molecule has 0 aliphatic carbocycles. The second-order valence-electron chi connectivity index (χ2n) is 4.71. The Morgan fingerprint density at radius 1 is 1.04 bits per heavy atom. The molecule has 0 aliphatic heterocycles. The normalized spacial score (nSPS) is 11.9. The zero-order valence-electron chi connectivity index (χ0n) is 12.6. The van der Waals surface area contributed by atoms with Crippen molar-refractivity contribution in [1.82, 2.24) is 0 Å². The third-order valence-electron chi connectivity index (χ3n) is 3.13. The molecule has 2 aromatic rings. The first kappa shape index (κ1) is 16.3. The Labute approximate surface area is 134 Å². The number of amides is 1. The van der Waals surface area contributed by atoms with Crippen LogP contribution in [0.25, 0.3) is 6.08 Å². The zero-order chi connectivity index (χ0) is 16.7. The molecule has 5 heteroatoms. The summed E-state index contributed by atoms with van der Waals surface area (Å²) in [6, 6.07) is 15.8. The lowest BCUT2D eigenvalue weighted by atomic mass is 10.1. The van der Waals surface area contributed by atoms with Gasteiger partial charge in [0.05, 0.1) is 7.11 Å². The molecule has 0 spiro atoms. The Kier molecular flexibility index (Phi) is 5.52. The summed E-state index contributed by atoms with van der Waals surface area (Å²) in [7, 11) is 1.55. The molecule has 1 amide bonds. The van der Waals surface area contributed by atoms with Gasteiger partial charge in [0, 0.05) is 17.2 Å². The molecule has 0 saturated heterocycles. The number of benzene rings is 2. The van der Waals surface area contributed by atoms with Crippen molar-refractivity contribution in [2.75, 3.05) is 7.11 Å². The van der Waals surface area contributed by atoms with Crippen LogP contribution in [0, 0.1) is 0 Å². The molecule has 2 aromatic carbocycles. The number of rotatable bonds is 6. The summed E-state index contributed by atoms with van der Waals surface area (Å²) in [6.45, 7) is 0. The van der Waals surface area contributed by atoms with Crippen molar-refractivity contribution in [1.29, 1.82) is 0 Å². The van der Waals surface area contributed by atoms with Crippen molar-refractivity contribution in [2.24, 2.45) is 5.73 Å². The number of hydrogen-bond acceptors (Lipinski definition) is 4. The van der Waals surface area contributed by atoms with Gasteiger partial charge in [0.1, 0.15) is 5.75 Å². The highest BCUT2D eigenvalue weighted by Gasteiger charge is 2.21. The second-order valence-corrected chi connectivity index (χ2v) is 4.71. The van der Waals surface area contributed by atoms with Crippen molar-refractivity contribution in [2.45, 2.75) is 6.10 Å². The zero-order valence-corrected chi connectivity index (χ0v) is 12.6. The quantitative estimate of drug-likeness (QED) is 0.656. The lowest BCUT2D eigenvalue weighted by Crippen LogP contribution is -2.25. The van der Waals surface area contributed by atoms with Crippen LogP contribution in [-0.2, 0) is 14.3 Å². The summed E-state index contributed by atoms with van der Waals surface area (Å²) in [5.41, 5.74) is 6.56. The van der Waals surface area contributed by atoms with Crippen molar-refractivity contribution < 1.29 is 19.1 Å². The first-order valence-corrected chi connectivity index (χ1v) is 6.98. The van der Waals surface area contributed by atoms with Gasteiger partial charge in [-0.1, -0.05) is 48.5 Å². The minimum atomic E-state index is -1.12. The third kappa shape index (κ3) is 4.44. The minimum absolute atomic E-state index is 0.527. The van der Waals surface area contributed by atoms with Gasteiger partial charge >= 0.3 is 5.97 Å². The Bertz CT molecular complexity index is 710. The number of ether oxygens (including phenoxy) is 2.